The number of furan rings is 1. The smallest absolute Gasteiger partial charge is 0.287 e. The lowest BCUT2D eigenvalue weighted by atomic mass is 9.49. The first-order valence-corrected chi connectivity index (χ1v) is 10.3. The summed E-state index contributed by atoms with van der Waals surface area (Å²) in [5.74, 6) is 1.36. The van der Waals surface area contributed by atoms with Crippen molar-refractivity contribution in [2.75, 3.05) is 6.54 Å². The van der Waals surface area contributed by atoms with Crippen molar-refractivity contribution >= 4 is 33.7 Å². The third kappa shape index (κ3) is 4.20. The average molecular weight is 438 g/mol. The van der Waals surface area contributed by atoms with Gasteiger partial charge in [0.2, 0.25) is 5.91 Å². The van der Waals surface area contributed by atoms with Crippen LogP contribution in [0, 0.1) is 23.2 Å². The molecule has 0 aromatic carbocycles. The van der Waals surface area contributed by atoms with Crippen molar-refractivity contribution in [3.8, 4) is 0 Å². The van der Waals surface area contributed by atoms with E-state index in [-0.39, 0.29) is 23.6 Å². The summed E-state index contributed by atoms with van der Waals surface area (Å²) in [6.45, 7) is -0.241. The van der Waals surface area contributed by atoms with Gasteiger partial charge in [-0.15, -0.1) is 0 Å². The van der Waals surface area contributed by atoms with Crippen LogP contribution in [-0.4, -0.2) is 24.3 Å². The minimum Gasteiger partial charge on any atom is -0.444 e. The highest BCUT2D eigenvalue weighted by molar-refractivity contribution is 9.10. The maximum atomic E-state index is 12.4. The second kappa shape index (κ2) is 7.30. The maximum absolute atomic E-state index is 12.4. The second-order valence-electron chi connectivity index (χ2n) is 8.48. The highest BCUT2D eigenvalue weighted by Gasteiger charge is 2.51. The molecule has 7 nitrogen and oxygen atoms in total. The van der Waals surface area contributed by atoms with Gasteiger partial charge >= 0.3 is 0 Å². The van der Waals surface area contributed by atoms with Crippen molar-refractivity contribution in [2.24, 2.45) is 23.2 Å². The van der Waals surface area contributed by atoms with E-state index in [0.29, 0.717) is 11.1 Å². The first-order valence-electron chi connectivity index (χ1n) is 9.52. The number of halogens is 1. The van der Waals surface area contributed by atoms with E-state index in [1.165, 1.54) is 25.3 Å². The number of hydrogen-bond acceptors (Lipinski definition) is 4. The zero-order valence-electron chi connectivity index (χ0n) is 15.1. The van der Waals surface area contributed by atoms with Gasteiger partial charge in [-0.25, -0.2) is 0 Å². The van der Waals surface area contributed by atoms with Crippen LogP contribution in [0.4, 0.5) is 0 Å². The van der Waals surface area contributed by atoms with Crippen LogP contribution in [0.3, 0.4) is 0 Å². The van der Waals surface area contributed by atoms with E-state index >= 15 is 0 Å². The van der Waals surface area contributed by atoms with E-state index in [4.69, 9.17) is 4.42 Å². The van der Waals surface area contributed by atoms with Crippen LogP contribution < -0.4 is 16.2 Å². The Morgan fingerprint density at radius 1 is 1.00 bits per heavy atom. The van der Waals surface area contributed by atoms with E-state index in [0.717, 1.165) is 37.0 Å². The van der Waals surface area contributed by atoms with E-state index in [1.54, 1.807) is 6.07 Å². The van der Waals surface area contributed by atoms with E-state index < -0.39 is 11.8 Å². The largest absolute Gasteiger partial charge is 0.444 e. The van der Waals surface area contributed by atoms with Crippen LogP contribution in [-0.2, 0) is 9.59 Å². The fraction of sp³-hybridized carbons (Fsp3) is 0.632. The molecule has 4 bridgehead atoms. The fourth-order valence-electron chi connectivity index (χ4n) is 5.76. The van der Waals surface area contributed by atoms with E-state index in [1.807, 2.05) is 0 Å². The van der Waals surface area contributed by atoms with Gasteiger partial charge in [-0.1, -0.05) is 0 Å². The third-order valence-electron chi connectivity index (χ3n) is 6.25. The predicted octanol–water partition coefficient (Wildman–Crippen LogP) is 2.53. The van der Waals surface area contributed by atoms with Crippen molar-refractivity contribution in [1.29, 1.82) is 0 Å². The summed E-state index contributed by atoms with van der Waals surface area (Å²) in [5.41, 5.74) is 5.02. The summed E-state index contributed by atoms with van der Waals surface area (Å²) in [7, 11) is 0. The molecular formula is C19H24BrN3O4. The van der Waals surface area contributed by atoms with Crippen LogP contribution in [0.1, 0.15) is 55.5 Å². The van der Waals surface area contributed by atoms with Crippen molar-refractivity contribution in [2.45, 2.75) is 44.9 Å². The summed E-state index contributed by atoms with van der Waals surface area (Å²) in [5, 5.41) is 2.45. The zero-order valence-corrected chi connectivity index (χ0v) is 16.6. The summed E-state index contributed by atoms with van der Waals surface area (Å²) in [6.07, 6.45) is 7.93. The molecule has 1 heterocycles. The van der Waals surface area contributed by atoms with Gasteiger partial charge in [-0.3, -0.25) is 25.2 Å². The quantitative estimate of drug-likeness (QED) is 0.615. The van der Waals surface area contributed by atoms with Crippen molar-refractivity contribution in [3.63, 3.8) is 0 Å². The third-order valence-corrected chi connectivity index (χ3v) is 6.67. The number of hydrazine groups is 1. The maximum Gasteiger partial charge on any atom is 0.287 e. The molecule has 3 amide bonds. The number of hydrogen-bond donors (Lipinski definition) is 3. The number of carbonyl (C=O) groups is 3. The molecule has 0 atom stereocenters. The van der Waals surface area contributed by atoms with Gasteiger partial charge in [0, 0.05) is 6.42 Å². The molecule has 0 saturated heterocycles. The van der Waals surface area contributed by atoms with Crippen LogP contribution in [0.2, 0.25) is 0 Å². The lowest BCUT2D eigenvalue weighted by Crippen LogP contribution is -2.51. The number of rotatable bonds is 5. The van der Waals surface area contributed by atoms with Gasteiger partial charge in [-0.2, -0.15) is 0 Å². The summed E-state index contributed by atoms with van der Waals surface area (Å²) >= 11 is 3.11. The van der Waals surface area contributed by atoms with Gasteiger partial charge < -0.3 is 9.73 Å². The van der Waals surface area contributed by atoms with Gasteiger partial charge in [0.1, 0.15) is 0 Å². The highest BCUT2D eigenvalue weighted by atomic mass is 79.9. The van der Waals surface area contributed by atoms with Crippen molar-refractivity contribution < 1.29 is 18.8 Å². The molecule has 5 rings (SSSR count). The van der Waals surface area contributed by atoms with E-state index in [2.05, 4.69) is 32.1 Å². The molecule has 8 heteroatoms. The van der Waals surface area contributed by atoms with Crippen LogP contribution >= 0.6 is 15.9 Å². The molecule has 3 N–H and O–H groups in total. The number of amides is 3. The Bertz CT molecular complexity index is 725. The fourth-order valence-corrected chi connectivity index (χ4v) is 6.07. The second-order valence-corrected chi connectivity index (χ2v) is 9.26. The van der Waals surface area contributed by atoms with E-state index in [9.17, 15) is 14.4 Å². The minimum absolute atomic E-state index is 0.112. The molecule has 1 aromatic heterocycles. The first kappa shape index (κ1) is 18.5. The van der Waals surface area contributed by atoms with Gasteiger partial charge in [0.15, 0.2) is 10.4 Å². The molecule has 0 unspecified atom stereocenters. The Kier molecular flexibility index (Phi) is 5.01. The zero-order chi connectivity index (χ0) is 19.0. The predicted molar refractivity (Wildman–Crippen MR) is 100 cm³/mol. The molecule has 1 aromatic rings. The Labute approximate surface area is 166 Å². The van der Waals surface area contributed by atoms with Gasteiger partial charge in [-0.05, 0) is 89.8 Å². The van der Waals surface area contributed by atoms with Crippen LogP contribution in [0.25, 0.3) is 0 Å². The molecule has 4 fully saturated rings. The van der Waals surface area contributed by atoms with Crippen LogP contribution in [0.5, 0.6) is 0 Å². The molecule has 146 valence electrons. The number of nitrogens with one attached hydrogen (secondary N) is 3. The monoisotopic (exact) mass is 437 g/mol. The topological polar surface area (TPSA) is 100 Å². The normalized spacial score (nSPS) is 30.8. The Morgan fingerprint density at radius 2 is 1.59 bits per heavy atom. The molecule has 0 spiro atoms. The summed E-state index contributed by atoms with van der Waals surface area (Å²) < 4.78 is 5.55. The van der Waals surface area contributed by atoms with Crippen molar-refractivity contribution in [1.82, 2.24) is 16.2 Å². The molecule has 0 radical (unpaired) electrons. The molecule has 4 aliphatic rings. The van der Waals surface area contributed by atoms with Gasteiger partial charge in [0.25, 0.3) is 11.8 Å². The number of carbonyl (C=O) groups excluding carboxylic acids is 3. The molecule has 27 heavy (non-hydrogen) atoms. The van der Waals surface area contributed by atoms with Crippen LogP contribution in [0.15, 0.2) is 21.2 Å². The SMILES string of the molecule is O=C(CNC(=O)c1ccc(Br)o1)NNC(=O)CC12CC3CC(CC(C3)C1)C2. The Balaban J connectivity index is 1.20. The minimum atomic E-state index is -0.490. The Morgan fingerprint density at radius 3 is 2.15 bits per heavy atom. The highest BCUT2D eigenvalue weighted by Crippen LogP contribution is 2.61. The molecule has 4 aliphatic carbocycles. The first-order chi connectivity index (χ1) is 12.9. The summed E-state index contributed by atoms with van der Waals surface area (Å²) in [4.78, 5) is 36.1. The lowest BCUT2D eigenvalue weighted by molar-refractivity contribution is -0.134. The van der Waals surface area contributed by atoms with Gasteiger partial charge in [0.05, 0.1) is 6.54 Å². The standard InChI is InChI=1S/C19H24BrN3O4/c20-15-2-1-14(27-15)18(26)21-10-17(25)23-22-16(24)9-19-6-11-3-12(7-19)5-13(4-11)8-19/h1-2,11-13H,3-10H2,(H,21,26)(H,22,24)(H,23,25). The Hall–Kier alpha value is -1.83. The lowest BCUT2D eigenvalue weighted by Gasteiger charge is -2.56. The molecular weight excluding hydrogens is 414 g/mol. The average Bonchev–Trinajstić information content (AvgIpc) is 3.03. The molecule has 0 aliphatic heterocycles. The van der Waals surface area contributed by atoms with Crippen molar-refractivity contribution in [3.05, 3.63) is 22.6 Å². The molecule has 4 saturated carbocycles. The summed E-state index contributed by atoms with van der Waals surface area (Å²) in [6, 6.07) is 3.10.